The predicted molar refractivity (Wildman–Crippen MR) is 173 cm³/mol. The van der Waals surface area contributed by atoms with Crippen molar-refractivity contribution in [2.75, 3.05) is 33.0 Å². The van der Waals surface area contributed by atoms with Crippen molar-refractivity contribution in [1.29, 1.82) is 0 Å². The number of halogens is 6. The number of rotatable bonds is 23. The molecule has 1 N–H and O–H groups in total. The van der Waals surface area contributed by atoms with E-state index in [1.807, 2.05) is 20.8 Å². The van der Waals surface area contributed by atoms with Gasteiger partial charge in [0.2, 0.25) is 0 Å². The van der Waals surface area contributed by atoms with E-state index in [9.17, 15) is 35.9 Å². The summed E-state index contributed by atoms with van der Waals surface area (Å²) in [4.78, 5) is 23.0. The Labute approximate surface area is 273 Å². The Bertz CT molecular complexity index is 953. The maximum atomic E-state index is 13.4. The van der Waals surface area contributed by atoms with E-state index >= 15 is 0 Å². The Hall–Kier alpha value is -1.41. The van der Waals surface area contributed by atoms with Crippen molar-refractivity contribution < 1.29 is 58.7 Å². The van der Waals surface area contributed by atoms with Crippen LogP contribution in [0.2, 0.25) is 50.4 Å². The molecule has 0 heterocycles. The minimum Gasteiger partial charge on any atom is -0.460 e. The van der Waals surface area contributed by atoms with Crippen LogP contribution in [0, 0.1) is 0 Å². The summed E-state index contributed by atoms with van der Waals surface area (Å²) < 4.78 is 108. The molecule has 0 saturated carbocycles. The number of amides is 1. The molecule has 0 aromatic carbocycles. The molecule has 0 aromatic rings. The molecule has 0 rings (SSSR count). The van der Waals surface area contributed by atoms with Crippen molar-refractivity contribution in [1.82, 2.24) is 5.32 Å². The molecule has 0 radical (unpaired) electrons. The number of hydrogen-bond acceptors (Lipinski definition) is 7. The topological polar surface area (TPSA) is 92.3 Å². The lowest BCUT2D eigenvalue weighted by Gasteiger charge is -2.48. The zero-order valence-corrected chi connectivity index (χ0v) is 31.7. The Balaban J connectivity index is 5.14. The summed E-state index contributed by atoms with van der Waals surface area (Å²) >= 11 is 0. The first kappa shape index (κ1) is 44.6. The highest BCUT2D eigenvalue weighted by Crippen LogP contribution is 2.39. The molecule has 2 unspecified atom stereocenters. The van der Waals surface area contributed by atoms with Gasteiger partial charge in [0.15, 0.2) is 8.32 Å². The first-order valence-corrected chi connectivity index (χ1v) is 24.3. The maximum Gasteiger partial charge on any atom is 0.407 e. The molecule has 8 nitrogen and oxygen atoms in total. The number of alkyl carbamates (subject to hydrolysis) is 1. The van der Waals surface area contributed by atoms with Gasteiger partial charge < -0.3 is 28.1 Å². The number of hydrogen-bond donors (Lipinski definition) is 1. The Kier molecular flexibility index (Phi) is 19.0. The predicted octanol–water partition coefficient (Wildman–Crippen LogP) is 8.65. The van der Waals surface area contributed by atoms with Crippen LogP contribution in [0.1, 0.15) is 59.8 Å². The summed E-state index contributed by atoms with van der Waals surface area (Å²) in [5.74, 6) is -0.553. The van der Waals surface area contributed by atoms with Crippen molar-refractivity contribution in [3.05, 3.63) is 12.2 Å². The van der Waals surface area contributed by atoms with E-state index < -0.39 is 67.4 Å². The molecule has 0 aliphatic heterocycles. The summed E-state index contributed by atoms with van der Waals surface area (Å²) in [5, 5.41) is 1.61. The van der Waals surface area contributed by atoms with E-state index in [2.05, 4.69) is 25.0 Å². The number of carbonyl (C=O) groups excluding carboxylic acids is 2. The lowest BCUT2D eigenvalue weighted by Crippen LogP contribution is -2.61. The van der Waals surface area contributed by atoms with E-state index in [0.29, 0.717) is 31.5 Å². The van der Waals surface area contributed by atoms with E-state index in [1.165, 1.54) is 6.92 Å². The lowest BCUT2D eigenvalue weighted by atomic mass is 10.4. The van der Waals surface area contributed by atoms with E-state index in [0.717, 1.165) is 6.42 Å². The van der Waals surface area contributed by atoms with Crippen molar-refractivity contribution in [2.45, 2.75) is 128 Å². The van der Waals surface area contributed by atoms with Crippen LogP contribution in [0.3, 0.4) is 0 Å². The van der Waals surface area contributed by atoms with Crippen molar-refractivity contribution in [3.63, 3.8) is 0 Å². The molecule has 46 heavy (non-hydrogen) atoms. The van der Waals surface area contributed by atoms with E-state index in [4.69, 9.17) is 22.8 Å². The highest BCUT2D eigenvalue weighted by atomic mass is 28.4. The second kappa shape index (κ2) is 19.6. The summed E-state index contributed by atoms with van der Waals surface area (Å²) in [6, 6.07) is 0.518. The minimum absolute atomic E-state index is 0.00232. The molecule has 0 aliphatic rings. The van der Waals surface area contributed by atoms with Gasteiger partial charge in [-0.05, 0) is 58.4 Å². The highest BCUT2D eigenvalue weighted by Gasteiger charge is 2.50. The molecule has 0 saturated heterocycles. The van der Waals surface area contributed by atoms with Crippen LogP contribution in [0.25, 0.3) is 0 Å². The molecule has 0 aromatic heterocycles. The third kappa shape index (κ3) is 20.1. The van der Waals surface area contributed by atoms with Crippen molar-refractivity contribution in [2.24, 2.45) is 0 Å². The smallest absolute Gasteiger partial charge is 0.407 e. The van der Waals surface area contributed by atoms with E-state index in [-0.39, 0.29) is 44.0 Å². The molecule has 0 aliphatic carbocycles. The van der Waals surface area contributed by atoms with Gasteiger partial charge in [0.25, 0.3) is 0 Å². The van der Waals surface area contributed by atoms with Gasteiger partial charge >= 0.3 is 33.0 Å². The first-order chi connectivity index (χ1) is 20.9. The average Bonchev–Trinajstić information content (AvgIpc) is 2.90. The third-order valence-electron chi connectivity index (χ3n) is 7.93. The number of unbranched alkanes of at least 4 members (excludes halogenated alkanes) is 1. The largest absolute Gasteiger partial charge is 0.460 e. The van der Waals surface area contributed by atoms with Crippen molar-refractivity contribution in [3.8, 4) is 0 Å². The van der Waals surface area contributed by atoms with Gasteiger partial charge in [0, 0.05) is 30.2 Å². The molecule has 1 amide bonds. The maximum absolute atomic E-state index is 13.4. The lowest BCUT2D eigenvalue weighted by molar-refractivity contribution is -0.138. The molecular weight excluding hydrogens is 673 g/mol. The van der Waals surface area contributed by atoms with Gasteiger partial charge in [0.05, 0.1) is 21.2 Å². The quantitative estimate of drug-likeness (QED) is 0.0371. The molecule has 272 valence electrons. The summed E-state index contributed by atoms with van der Waals surface area (Å²) in [5.41, 5.74) is 0.252. The minimum atomic E-state index is -4.45. The Morgan fingerprint density at radius 2 is 1.37 bits per heavy atom. The third-order valence-corrected chi connectivity index (χ3v) is 21.6. The first-order valence-electron chi connectivity index (χ1n) is 15.7. The van der Waals surface area contributed by atoms with Crippen molar-refractivity contribution >= 4 is 37.0 Å². The standard InChI is InChI=1S/C29H55F6NO7Si3/c1-10-11-21-45(8,22-13-28(30,31)32)43-46(9,23-14-29(33,34)35)42-27(4,5)44(6,7)20-12-16-39-18-19-41-26(38)36-15-17-40-25(37)24(2)3/h2,10-23H2,1,3-9H3,(H,36,38). The van der Waals surface area contributed by atoms with Gasteiger partial charge in [-0.1, -0.05) is 45.5 Å². The molecule has 17 heteroatoms. The number of alkyl halides is 6. The number of ether oxygens (including phenoxy) is 3. The van der Waals surface area contributed by atoms with E-state index in [1.54, 1.807) is 13.1 Å². The second-order valence-electron chi connectivity index (χ2n) is 13.2. The molecular formula is C29H55F6NO7Si3. The van der Waals surface area contributed by atoms with Gasteiger partial charge in [0.1, 0.15) is 13.2 Å². The number of carbonyl (C=O) groups is 2. The van der Waals surface area contributed by atoms with Crippen LogP contribution in [-0.4, -0.2) is 87.6 Å². The zero-order valence-electron chi connectivity index (χ0n) is 28.7. The van der Waals surface area contributed by atoms with Crippen LogP contribution >= 0.6 is 0 Å². The van der Waals surface area contributed by atoms with Crippen LogP contribution < -0.4 is 5.32 Å². The van der Waals surface area contributed by atoms with Crippen LogP contribution in [0.4, 0.5) is 31.1 Å². The van der Waals surface area contributed by atoms with Gasteiger partial charge in [-0.2, -0.15) is 26.3 Å². The summed E-state index contributed by atoms with van der Waals surface area (Å²) in [7, 11) is -8.97. The van der Waals surface area contributed by atoms with Gasteiger partial charge in [-0.3, -0.25) is 0 Å². The van der Waals surface area contributed by atoms with Crippen LogP contribution in [0.5, 0.6) is 0 Å². The van der Waals surface area contributed by atoms with Gasteiger partial charge in [-0.15, -0.1) is 0 Å². The zero-order chi connectivity index (χ0) is 35.9. The SMILES string of the molecule is C=C(C)C(=O)OCCNC(=O)OCCOCCC[Si](C)(C)C(C)(C)O[Si](C)(CCC(F)(F)F)O[Si](C)(CCCC)CCC(F)(F)F. The normalized spacial score (nSPS) is 15.5. The fourth-order valence-electron chi connectivity index (χ4n) is 4.56. The Morgan fingerprint density at radius 1 is 0.783 bits per heavy atom. The molecule has 2 atom stereocenters. The van der Waals surface area contributed by atoms with Crippen LogP contribution in [0.15, 0.2) is 12.2 Å². The molecule has 0 fully saturated rings. The highest BCUT2D eigenvalue weighted by molar-refractivity contribution is 6.85. The number of esters is 1. The summed E-state index contributed by atoms with van der Waals surface area (Å²) in [6.45, 7) is 18.5. The fraction of sp³-hybridized carbons (Fsp3) is 0.862. The van der Waals surface area contributed by atoms with Crippen LogP contribution in [-0.2, 0) is 27.5 Å². The summed E-state index contributed by atoms with van der Waals surface area (Å²) in [6.07, 6.45) is -9.68. The molecule has 0 spiro atoms. The van der Waals surface area contributed by atoms with Gasteiger partial charge in [-0.25, -0.2) is 9.59 Å². The monoisotopic (exact) mass is 727 g/mol. The number of nitrogens with one attached hydrogen (secondary N) is 1. The second-order valence-corrected chi connectivity index (χ2v) is 26.4. The molecule has 0 bridgehead atoms. The fourth-order valence-corrected chi connectivity index (χ4v) is 17.6. The average molecular weight is 728 g/mol. The Morgan fingerprint density at radius 3 is 1.91 bits per heavy atom.